The Morgan fingerprint density at radius 1 is 1.12 bits per heavy atom. The van der Waals surface area contributed by atoms with Gasteiger partial charge in [0.1, 0.15) is 5.70 Å². The quantitative estimate of drug-likeness (QED) is 0.780. The van der Waals surface area contributed by atoms with Crippen LogP contribution in [0.2, 0.25) is 0 Å². The van der Waals surface area contributed by atoms with Crippen LogP contribution in [0.3, 0.4) is 0 Å². The van der Waals surface area contributed by atoms with Crippen LogP contribution in [-0.2, 0) is 0 Å². The Balaban J connectivity index is 2.33. The molecule has 0 radical (unpaired) electrons. The Morgan fingerprint density at radius 2 is 1.76 bits per heavy atom. The van der Waals surface area contributed by atoms with Crippen molar-refractivity contribution in [3.8, 4) is 0 Å². The number of carbonyl (C=O) groups excluding carboxylic acids is 1. The minimum absolute atomic E-state index is 0.601. The fourth-order valence-corrected chi connectivity index (χ4v) is 1.55. The molecule has 1 atom stereocenters. The van der Waals surface area contributed by atoms with E-state index in [-0.39, 0.29) is 0 Å². The van der Waals surface area contributed by atoms with Crippen molar-refractivity contribution in [2.24, 2.45) is 0 Å². The summed E-state index contributed by atoms with van der Waals surface area (Å²) in [7, 11) is 0. The Kier molecular flexibility index (Phi) is 2.79. The molecule has 0 saturated heterocycles. The third kappa shape index (κ3) is 2.58. The van der Waals surface area contributed by atoms with Crippen LogP contribution < -0.4 is 10.6 Å². The van der Waals surface area contributed by atoms with Crippen molar-refractivity contribution in [2.45, 2.75) is 12.2 Å². The van der Waals surface area contributed by atoms with E-state index in [0.29, 0.717) is 5.56 Å². The lowest BCUT2D eigenvalue weighted by molar-refractivity contribution is -0.0964. The number of rotatable bonds is 1. The van der Waals surface area contributed by atoms with Gasteiger partial charge in [0.15, 0.2) is 0 Å². The maximum Gasteiger partial charge on any atom is 0.431 e. The van der Waals surface area contributed by atoms with Gasteiger partial charge in [0, 0.05) is 0 Å². The zero-order valence-corrected chi connectivity index (χ0v) is 8.58. The predicted octanol–water partition coefficient (Wildman–Crippen LogP) is 2.49. The maximum absolute atomic E-state index is 12.5. The van der Waals surface area contributed by atoms with E-state index in [9.17, 15) is 18.0 Å². The molecule has 0 bridgehead atoms. The summed E-state index contributed by atoms with van der Waals surface area (Å²) >= 11 is 0. The number of halogens is 3. The first-order valence-electron chi connectivity index (χ1n) is 4.88. The number of hydrogen-bond donors (Lipinski definition) is 2. The standard InChI is InChI=1S/C11H9F3N2O/c12-11(13,14)9-6-8(15-10(17)16-9)7-4-2-1-3-5-7/h1-6,8H,(H2,15,16,17)/t8-/m1/s1. The van der Waals surface area contributed by atoms with Gasteiger partial charge in [-0.2, -0.15) is 13.2 Å². The van der Waals surface area contributed by atoms with Crippen LogP contribution >= 0.6 is 0 Å². The summed E-state index contributed by atoms with van der Waals surface area (Å²) in [6, 6.07) is 6.84. The molecule has 0 unspecified atom stereocenters. The van der Waals surface area contributed by atoms with Crippen LogP contribution in [0.5, 0.6) is 0 Å². The third-order valence-corrected chi connectivity index (χ3v) is 2.33. The van der Waals surface area contributed by atoms with Gasteiger partial charge in [-0.05, 0) is 11.6 Å². The number of benzene rings is 1. The van der Waals surface area contributed by atoms with Crippen LogP contribution in [0.15, 0.2) is 42.1 Å². The first-order valence-corrected chi connectivity index (χ1v) is 4.88. The molecule has 1 aromatic carbocycles. The summed E-state index contributed by atoms with van der Waals surface area (Å²) in [5.74, 6) is 0. The van der Waals surface area contributed by atoms with E-state index < -0.39 is 23.9 Å². The number of allylic oxidation sites excluding steroid dienone is 1. The van der Waals surface area contributed by atoms with Gasteiger partial charge in [-0.15, -0.1) is 0 Å². The zero-order valence-electron chi connectivity index (χ0n) is 8.58. The van der Waals surface area contributed by atoms with E-state index in [2.05, 4.69) is 5.32 Å². The summed E-state index contributed by atoms with van der Waals surface area (Å²) in [6.07, 6.45) is -3.60. The molecular weight excluding hydrogens is 233 g/mol. The molecule has 1 aliphatic rings. The molecule has 0 fully saturated rings. The van der Waals surface area contributed by atoms with Gasteiger partial charge < -0.3 is 10.6 Å². The van der Waals surface area contributed by atoms with Gasteiger partial charge >= 0.3 is 12.2 Å². The van der Waals surface area contributed by atoms with E-state index in [4.69, 9.17) is 0 Å². The third-order valence-electron chi connectivity index (χ3n) is 2.33. The zero-order chi connectivity index (χ0) is 12.5. The first-order chi connectivity index (χ1) is 7.97. The van der Waals surface area contributed by atoms with Crippen LogP contribution in [0, 0.1) is 0 Å². The van der Waals surface area contributed by atoms with Crippen LogP contribution in [-0.4, -0.2) is 12.2 Å². The second-order valence-electron chi connectivity index (χ2n) is 3.56. The Morgan fingerprint density at radius 3 is 2.35 bits per heavy atom. The smallest absolute Gasteiger partial charge is 0.327 e. The maximum atomic E-state index is 12.5. The van der Waals surface area contributed by atoms with Crippen molar-refractivity contribution in [1.82, 2.24) is 10.6 Å². The highest BCUT2D eigenvalue weighted by Crippen LogP contribution is 2.28. The van der Waals surface area contributed by atoms with Crippen molar-refractivity contribution >= 4 is 6.03 Å². The molecule has 2 amide bonds. The molecule has 0 aromatic heterocycles. The highest BCUT2D eigenvalue weighted by atomic mass is 19.4. The molecule has 1 aromatic rings. The molecule has 1 heterocycles. The summed E-state index contributed by atoms with van der Waals surface area (Å²) in [4.78, 5) is 11.1. The van der Waals surface area contributed by atoms with Gasteiger partial charge in [0.05, 0.1) is 6.04 Å². The van der Waals surface area contributed by atoms with Crippen molar-refractivity contribution in [3.63, 3.8) is 0 Å². The van der Waals surface area contributed by atoms with Crippen molar-refractivity contribution in [3.05, 3.63) is 47.7 Å². The monoisotopic (exact) mass is 242 g/mol. The SMILES string of the molecule is O=C1NC(C(F)(F)F)=C[C@H](c2ccccc2)N1. The van der Waals surface area contributed by atoms with E-state index >= 15 is 0 Å². The number of urea groups is 1. The average molecular weight is 242 g/mol. The van der Waals surface area contributed by atoms with Crippen LogP contribution in [0.4, 0.5) is 18.0 Å². The summed E-state index contributed by atoms with van der Waals surface area (Å²) < 4.78 is 37.5. The van der Waals surface area contributed by atoms with Crippen molar-refractivity contribution in [1.29, 1.82) is 0 Å². The highest BCUT2D eigenvalue weighted by molar-refractivity contribution is 5.78. The summed E-state index contributed by atoms with van der Waals surface area (Å²) in [5.41, 5.74) is -0.431. The topological polar surface area (TPSA) is 41.1 Å². The highest BCUT2D eigenvalue weighted by Gasteiger charge is 2.38. The summed E-state index contributed by atoms with van der Waals surface area (Å²) in [6.45, 7) is 0. The van der Waals surface area contributed by atoms with Gasteiger partial charge in [-0.25, -0.2) is 4.79 Å². The number of amides is 2. The fraction of sp³-hybridized carbons (Fsp3) is 0.182. The summed E-state index contributed by atoms with van der Waals surface area (Å²) in [5, 5.41) is 4.15. The number of hydrogen-bond acceptors (Lipinski definition) is 1. The molecule has 0 aliphatic carbocycles. The van der Waals surface area contributed by atoms with E-state index in [1.54, 1.807) is 35.6 Å². The lowest BCUT2D eigenvalue weighted by Crippen LogP contribution is -2.45. The molecule has 2 rings (SSSR count). The lowest BCUT2D eigenvalue weighted by Gasteiger charge is -2.24. The number of nitrogens with one attached hydrogen (secondary N) is 2. The largest absolute Gasteiger partial charge is 0.431 e. The van der Waals surface area contributed by atoms with Crippen LogP contribution in [0.25, 0.3) is 0 Å². The predicted molar refractivity (Wildman–Crippen MR) is 55.0 cm³/mol. The minimum Gasteiger partial charge on any atom is -0.327 e. The molecular formula is C11H9F3N2O. The Labute approximate surface area is 95.3 Å². The minimum atomic E-state index is -4.55. The molecule has 1 aliphatic heterocycles. The second-order valence-corrected chi connectivity index (χ2v) is 3.56. The van der Waals surface area contributed by atoms with Gasteiger partial charge in [0.2, 0.25) is 0 Å². The van der Waals surface area contributed by atoms with Crippen LogP contribution in [0.1, 0.15) is 11.6 Å². The number of carbonyl (C=O) groups is 1. The van der Waals surface area contributed by atoms with E-state index in [1.165, 1.54) is 0 Å². The molecule has 0 saturated carbocycles. The van der Waals surface area contributed by atoms with Gasteiger partial charge in [0.25, 0.3) is 0 Å². The molecule has 3 nitrogen and oxygen atoms in total. The molecule has 2 N–H and O–H groups in total. The number of alkyl halides is 3. The molecule has 90 valence electrons. The second kappa shape index (κ2) is 4.12. The lowest BCUT2D eigenvalue weighted by atomic mass is 10.0. The Hall–Kier alpha value is -1.98. The van der Waals surface area contributed by atoms with E-state index in [1.807, 2.05) is 0 Å². The van der Waals surface area contributed by atoms with Crippen molar-refractivity contribution < 1.29 is 18.0 Å². The van der Waals surface area contributed by atoms with Gasteiger partial charge in [-0.1, -0.05) is 30.3 Å². The molecule has 17 heavy (non-hydrogen) atoms. The first kappa shape index (κ1) is 11.5. The van der Waals surface area contributed by atoms with E-state index in [0.717, 1.165) is 6.08 Å². The van der Waals surface area contributed by atoms with Crippen molar-refractivity contribution in [2.75, 3.05) is 0 Å². The van der Waals surface area contributed by atoms with Gasteiger partial charge in [-0.3, -0.25) is 0 Å². The molecule has 6 heteroatoms. The molecule has 0 spiro atoms. The average Bonchev–Trinajstić information content (AvgIpc) is 2.28. The Bertz CT molecular complexity index is 454. The fourth-order valence-electron chi connectivity index (χ4n) is 1.55. The normalized spacial score (nSPS) is 20.3.